The minimum Gasteiger partial charge on any atom is -0.354 e. The van der Waals surface area contributed by atoms with Crippen molar-refractivity contribution in [3.8, 4) is 0 Å². The fourth-order valence-corrected chi connectivity index (χ4v) is 3.52. The van der Waals surface area contributed by atoms with Crippen molar-refractivity contribution in [1.29, 1.82) is 0 Å². The Bertz CT molecular complexity index is 719. The van der Waals surface area contributed by atoms with Crippen LogP contribution in [0.3, 0.4) is 0 Å². The monoisotopic (exact) mass is 317 g/mol. The Morgan fingerprint density at radius 1 is 1.48 bits per heavy atom. The summed E-state index contributed by atoms with van der Waals surface area (Å²) < 4.78 is 40.1. The molecule has 0 aliphatic carbocycles. The molecule has 10 heteroatoms. The van der Waals surface area contributed by atoms with Gasteiger partial charge in [0, 0.05) is 25.1 Å². The number of carbonyl (C=O) groups excluding carboxylic acids is 1. The van der Waals surface area contributed by atoms with Gasteiger partial charge in [0.05, 0.1) is 9.82 Å². The number of nitro benzene ring substituents is 1. The first-order valence-electron chi connectivity index (χ1n) is 5.94. The third-order valence-corrected chi connectivity index (χ3v) is 4.69. The molecule has 114 valence electrons. The molecule has 1 heterocycles. The van der Waals surface area contributed by atoms with Crippen molar-refractivity contribution >= 4 is 21.6 Å². The molecule has 0 aromatic heterocycles. The first kappa shape index (κ1) is 15.3. The van der Waals surface area contributed by atoms with Crippen LogP contribution < -0.4 is 10.0 Å². The Morgan fingerprint density at radius 3 is 2.67 bits per heavy atom. The molecule has 0 radical (unpaired) electrons. The molecule has 0 bridgehead atoms. The van der Waals surface area contributed by atoms with Crippen LogP contribution in [0.4, 0.5) is 10.1 Å². The lowest BCUT2D eigenvalue weighted by Gasteiger charge is -2.13. The molecule has 1 aromatic rings. The predicted octanol–water partition coefficient (Wildman–Crippen LogP) is 0.209. The van der Waals surface area contributed by atoms with E-state index < -0.39 is 32.5 Å². The normalized spacial score (nSPS) is 18.6. The molecule has 1 amide bonds. The highest BCUT2D eigenvalue weighted by molar-refractivity contribution is 7.89. The van der Waals surface area contributed by atoms with Gasteiger partial charge in [0.15, 0.2) is 0 Å². The highest BCUT2D eigenvalue weighted by Crippen LogP contribution is 2.25. The van der Waals surface area contributed by atoms with Crippen LogP contribution in [-0.2, 0) is 14.8 Å². The summed E-state index contributed by atoms with van der Waals surface area (Å²) in [5.74, 6) is -1.39. The van der Waals surface area contributed by atoms with E-state index in [-0.39, 0.29) is 29.3 Å². The Balaban J connectivity index is 2.37. The second-order valence-corrected chi connectivity index (χ2v) is 6.34. The number of carbonyl (C=O) groups is 1. The number of hydrogen-bond donors (Lipinski definition) is 2. The molecule has 1 aliphatic rings. The zero-order valence-corrected chi connectivity index (χ0v) is 11.7. The van der Waals surface area contributed by atoms with E-state index in [1.807, 2.05) is 0 Å². The molecule has 1 fully saturated rings. The SMILES string of the molecule is Cc1cc(F)c([N+](=O)[O-])cc1S(=O)(=O)NC1CNC(=O)C1. The van der Waals surface area contributed by atoms with E-state index in [0.717, 1.165) is 6.07 Å². The van der Waals surface area contributed by atoms with Gasteiger partial charge in [-0.05, 0) is 18.6 Å². The first-order valence-corrected chi connectivity index (χ1v) is 7.42. The van der Waals surface area contributed by atoms with E-state index in [4.69, 9.17) is 0 Å². The van der Waals surface area contributed by atoms with Crippen LogP contribution in [0.2, 0.25) is 0 Å². The second-order valence-electron chi connectivity index (χ2n) is 4.65. The maximum absolute atomic E-state index is 13.4. The number of nitrogens with one attached hydrogen (secondary N) is 2. The zero-order valence-electron chi connectivity index (χ0n) is 10.9. The largest absolute Gasteiger partial charge is 0.354 e. The number of benzene rings is 1. The number of halogens is 1. The lowest BCUT2D eigenvalue weighted by molar-refractivity contribution is -0.387. The van der Waals surface area contributed by atoms with Crippen molar-refractivity contribution in [2.45, 2.75) is 24.3 Å². The average molecular weight is 317 g/mol. The van der Waals surface area contributed by atoms with Crippen LogP contribution in [0.1, 0.15) is 12.0 Å². The minimum atomic E-state index is -4.08. The highest BCUT2D eigenvalue weighted by atomic mass is 32.2. The summed E-state index contributed by atoms with van der Waals surface area (Å²) >= 11 is 0. The third-order valence-electron chi connectivity index (χ3n) is 3.03. The summed E-state index contributed by atoms with van der Waals surface area (Å²) in [4.78, 5) is 20.4. The number of amides is 1. The fraction of sp³-hybridized carbons (Fsp3) is 0.364. The summed E-state index contributed by atoms with van der Waals surface area (Å²) in [6.07, 6.45) is -0.0123. The van der Waals surface area contributed by atoms with Crippen molar-refractivity contribution in [3.05, 3.63) is 33.6 Å². The van der Waals surface area contributed by atoms with E-state index in [0.29, 0.717) is 6.07 Å². The van der Waals surface area contributed by atoms with Crippen molar-refractivity contribution < 1.29 is 22.5 Å². The van der Waals surface area contributed by atoms with Crippen LogP contribution in [0.15, 0.2) is 17.0 Å². The van der Waals surface area contributed by atoms with Crippen molar-refractivity contribution in [3.63, 3.8) is 0 Å². The van der Waals surface area contributed by atoms with Crippen LogP contribution in [0.25, 0.3) is 0 Å². The number of nitrogens with zero attached hydrogens (tertiary/aromatic N) is 1. The lowest BCUT2D eigenvalue weighted by Crippen LogP contribution is -2.36. The number of rotatable bonds is 4. The van der Waals surface area contributed by atoms with Gasteiger partial charge >= 0.3 is 5.69 Å². The first-order chi connectivity index (χ1) is 9.70. The molecular formula is C11H12FN3O5S. The second kappa shape index (κ2) is 5.37. The van der Waals surface area contributed by atoms with Gasteiger partial charge in [0.25, 0.3) is 0 Å². The van der Waals surface area contributed by atoms with Crippen LogP contribution >= 0.6 is 0 Å². The lowest BCUT2D eigenvalue weighted by atomic mass is 10.2. The van der Waals surface area contributed by atoms with Gasteiger partial charge in [-0.15, -0.1) is 0 Å². The van der Waals surface area contributed by atoms with E-state index in [9.17, 15) is 27.7 Å². The zero-order chi connectivity index (χ0) is 15.8. The fourth-order valence-electron chi connectivity index (χ4n) is 2.04. The molecule has 21 heavy (non-hydrogen) atoms. The minimum absolute atomic E-state index is 0.0123. The van der Waals surface area contributed by atoms with Gasteiger partial charge < -0.3 is 5.32 Å². The summed E-state index contributed by atoms with van der Waals surface area (Å²) in [6.45, 7) is 1.47. The van der Waals surface area contributed by atoms with Gasteiger partial charge in [-0.3, -0.25) is 14.9 Å². The number of nitro groups is 1. The smallest absolute Gasteiger partial charge is 0.306 e. The number of hydrogen-bond acceptors (Lipinski definition) is 5. The Kier molecular flexibility index (Phi) is 3.92. The molecule has 1 unspecified atom stereocenters. The molecule has 2 rings (SSSR count). The van der Waals surface area contributed by atoms with Crippen LogP contribution in [-0.4, -0.2) is 31.8 Å². The van der Waals surface area contributed by atoms with Crippen molar-refractivity contribution in [2.75, 3.05) is 6.54 Å². The van der Waals surface area contributed by atoms with E-state index in [2.05, 4.69) is 10.0 Å². The van der Waals surface area contributed by atoms with Gasteiger partial charge in [0.2, 0.25) is 21.7 Å². The maximum Gasteiger partial charge on any atom is 0.306 e. The van der Waals surface area contributed by atoms with Gasteiger partial charge in [-0.1, -0.05) is 0 Å². The topological polar surface area (TPSA) is 118 Å². The molecule has 0 saturated carbocycles. The number of sulfonamides is 1. The third kappa shape index (κ3) is 3.16. The molecule has 1 aromatic carbocycles. The summed E-state index contributed by atoms with van der Waals surface area (Å²) in [5.41, 5.74) is -0.871. The summed E-state index contributed by atoms with van der Waals surface area (Å²) in [6, 6.07) is 0.841. The van der Waals surface area contributed by atoms with Crippen LogP contribution in [0.5, 0.6) is 0 Å². The maximum atomic E-state index is 13.4. The molecule has 1 saturated heterocycles. The molecule has 0 spiro atoms. The van der Waals surface area contributed by atoms with Crippen molar-refractivity contribution in [2.24, 2.45) is 0 Å². The average Bonchev–Trinajstić information content (AvgIpc) is 2.72. The quantitative estimate of drug-likeness (QED) is 0.608. The van der Waals surface area contributed by atoms with E-state index >= 15 is 0 Å². The van der Waals surface area contributed by atoms with E-state index in [1.165, 1.54) is 6.92 Å². The predicted molar refractivity (Wildman–Crippen MR) is 69.5 cm³/mol. The highest BCUT2D eigenvalue weighted by Gasteiger charge is 2.29. The summed E-state index contributed by atoms with van der Waals surface area (Å²) in [5, 5.41) is 13.2. The molecule has 1 atom stereocenters. The number of aryl methyl sites for hydroxylation is 1. The Hall–Kier alpha value is -2.07. The standard InChI is InChI=1S/C11H12FN3O5S/c1-6-2-8(12)9(15(17)18)4-10(6)21(19,20)14-7-3-11(16)13-5-7/h2,4,7,14H,3,5H2,1H3,(H,13,16). The summed E-state index contributed by atoms with van der Waals surface area (Å²) in [7, 11) is -4.08. The molecule has 2 N–H and O–H groups in total. The van der Waals surface area contributed by atoms with Crippen molar-refractivity contribution in [1.82, 2.24) is 10.0 Å². The van der Waals surface area contributed by atoms with Gasteiger partial charge in [-0.2, -0.15) is 4.39 Å². The van der Waals surface area contributed by atoms with Gasteiger partial charge in [-0.25, -0.2) is 13.1 Å². The van der Waals surface area contributed by atoms with Crippen LogP contribution in [0, 0.1) is 22.9 Å². The van der Waals surface area contributed by atoms with E-state index in [1.54, 1.807) is 0 Å². The Morgan fingerprint density at radius 2 is 2.14 bits per heavy atom. The molecule has 8 nitrogen and oxygen atoms in total. The van der Waals surface area contributed by atoms with Gasteiger partial charge in [0.1, 0.15) is 0 Å². The molecule has 1 aliphatic heterocycles. The Labute approximate surface area is 119 Å². The molecular weight excluding hydrogens is 305 g/mol.